The number of hydrogen-bond donors (Lipinski definition) is 1. The van der Waals surface area contributed by atoms with E-state index in [4.69, 9.17) is 5.11 Å². The van der Waals surface area contributed by atoms with Crippen LogP contribution in [0.25, 0.3) is 0 Å². The first-order chi connectivity index (χ1) is 8.88. The molecule has 1 fully saturated rings. The zero-order valence-corrected chi connectivity index (χ0v) is 10.9. The normalized spacial score (nSPS) is 17.7. The lowest BCUT2D eigenvalue weighted by atomic mass is 10.1. The van der Waals surface area contributed by atoms with Crippen LogP contribution < -0.4 is 0 Å². The van der Waals surface area contributed by atoms with E-state index in [1.165, 1.54) is 11.3 Å². The molecule has 1 saturated carbocycles. The zero-order valence-electron chi connectivity index (χ0n) is 10.1. The van der Waals surface area contributed by atoms with Crippen LogP contribution in [0.15, 0.2) is 16.8 Å². The monoisotopic (exact) mass is 293 g/mol. The maximum absolute atomic E-state index is 12.7. The molecule has 106 valence electrons. The molecular weight excluding hydrogens is 279 g/mol. The number of carboxylic acid groups (broad SMARTS) is 1. The van der Waals surface area contributed by atoms with Crippen LogP contribution in [-0.4, -0.2) is 34.7 Å². The molecule has 7 heteroatoms. The second-order valence-electron chi connectivity index (χ2n) is 4.72. The van der Waals surface area contributed by atoms with Crippen LogP contribution in [0.2, 0.25) is 0 Å². The number of carboxylic acids is 1. The van der Waals surface area contributed by atoms with Crippen LogP contribution >= 0.6 is 11.3 Å². The van der Waals surface area contributed by atoms with Crippen LogP contribution in [0.1, 0.15) is 18.4 Å². The Morgan fingerprint density at radius 1 is 1.53 bits per heavy atom. The molecule has 0 spiro atoms. The molecule has 1 aromatic heterocycles. The van der Waals surface area contributed by atoms with Crippen LogP contribution in [0.5, 0.6) is 0 Å². The predicted molar refractivity (Wildman–Crippen MR) is 64.9 cm³/mol. The maximum Gasteiger partial charge on any atom is 0.403 e. The minimum Gasteiger partial charge on any atom is -0.481 e. The summed E-state index contributed by atoms with van der Waals surface area (Å²) < 4.78 is 38.1. The van der Waals surface area contributed by atoms with Gasteiger partial charge in [-0.05, 0) is 35.2 Å². The van der Waals surface area contributed by atoms with E-state index in [1.807, 2.05) is 16.8 Å². The lowest BCUT2D eigenvalue weighted by molar-refractivity contribution is -0.197. The van der Waals surface area contributed by atoms with Gasteiger partial charge in [-0.3, -0.25) is 9.69 Å². The van der Waals surface area contributed by atoms with Crippen LogP contribution in [0.4, 0.5) is 13.2 Å². The van der Waals surface area contributed by atoms with Crippen molar-refractivity contribution in [2.24, 2.45) is 5.92 Å². The van der Waals surface area contributed by atoms with Crippen molar-refractivity contribution in [2.45, 2.75) is 31.6 Å². The molecule has 1 aliphatic rings. The molecule has 1 aliphatic carbocycles. The third kappa shape index (κ3) is 3.94. The highest BCUT2D eigenvalue weighted by molar-refractivity contribution is 7.07. The molecule has 1 unspecified atom stereocenters. The summed E-state index contributed by atoms with van der Waals surface area (Å²) in [6, 6.07) is 1.94. The highest BCUT2D eigenvalue weighted by atomic mass is 32.1. The Labute approximate surface area is 112 Å². The number of thiophene rings is 1. The Kier molecular flexibility index (Phi) is 4.15. The van der Waals surface area contributed by atoms with Crippen molar-refractivity contribution in [1.82, 2.24) is 4.90 Å². The second-order valence-corrected chi connectivity index (χ2v) is 5.50. The van der Waals surface area contributed by atoms with Crippen LogP contribution in [0, 0.1) is 5.92 Å². The minimum atomic E-state index is -4.70. The highest BCUT2D eigenvalue weighted by Crippen LogP contribution is 2.33. The molecule has 0 aliphatic heterocycles. The summed E-state index contributed by atoms with van der Waals surface area (Å²) in [7, 11) is 0. The largest absolute Gasteiger partial charge is 0.481 e. The topological polar surface area (TPSA) is 40.5 Å². The van der Waals surface area contributed by atoms with E-state index in [0.717, 1.165) is 18.4 Å². The van der Waals surface area contributed by atoms with Gasteiger partial charge in [0.2, 0.25) is 0 Å². The summed E-state index contributed by atoms with van der Waals surface area (Å²) in [6.07, 6.45) is -3.02. The summed E-state index contributed by atoms with van der Waals surface area (Å²) in [5.74, 6) is -4.12. The number of aliphatic carboxylic acids is 1. The molecule has 0 bridgehead atoms. The van der Waals surface area contributed by atoms with Crippen molar-refractivity contribution in [3.05, 3.63) is 22.4 Å². The molecule has 0 aromatic carbocycles. The number of rotatable bonds is 6. The van der Waals surface area contributed by atoms with Gasteiger partial charge in [0, 0.05) is 19.1 Å². The van der Waals surface area contributed by atoms with E-state index in [1.54, 1.807) is 4.90 Å². The Morgan fingerprint density at radius 2 is 2.21 bits per heavy atom. The zero-order chi connectivity index (χ0) is 14.0. The average molecular weight is 293 g/mol. The summed E-state index contributed by atoms with van der Waals surface area (Å²) in [5, 5.41) is 12.5. The molecule has 1 aromatic rings. The van der Waals surface area contributed by atoms with Crippen molar-refractivity contribution >= 4 is 17.3 Å². The van der Waals surface area contributed by atoms with Crippen molar-refractivity contribution < 1.29 is 23.1 Å². The van der Waals surface area contributed by atoms with Gasteiger partial charge in [-0.25, -0.2) is 0 Å². The molecule has 2 rings (SSSR count). The van der Waals surface area contributed by atoms with Gasteiger partial charge in [0.15, 0.2) is 5.92 Å². The summed E-state index contributed by atoms with van der Waals surface area (Å²) in [4.78, 5) is 12.4. The summed E-state index contributed by atoms with van der Waals surface area (Å²) >= 11 is 1.48. The third-order valence-corrected chi connectivity index (χ3v) is 3.87. The predicted octanol–water partition coefficient (Wildman–Crippen LogP) is 2.98. The fourth-order valence-electron chi connectivity index (χ4n) is 1.96. The first kappa shape index (κ1) is 14.3. The molecule has 0 amide bonds. The quantitative estimate of drug-likeness (QED) is 0.876. The minimum absolute atomic E-state index is 0.0871. The van der Waals surface area contributed by atoms with Crippen molar-refractivity contribution in [3.63, 3.8) is 0 Å². The highest BCUT2D eigenvalue weighted by Gasteiger charge is 2.47. The Morgan fingerprint density at radius 3 is 2.63 bits per heavy atom. The Balaban J connectivity index is 2.05. The molecule has 0 radical (unpaired) electrons. The fraction of sp³-hybridized carbons (Fsp3) is 0.583. The summed E-state index contributed by atoms with van der Waals surface area (Å²) in [6.45, 7) is -0.0899. The number of hydrogen-bond acceptors (Lipinski definition) is 3. The maximum atomic E-state index is 12.7. The van der Waals surface area contributed by atoms with Crippen LogP contribution in [0.3, 0.4) is 0 Å². The number of nitrogens with zero attached hydrogens (tertiary/aromatic N) is 1. The lowest BCUT2D eigenvalue weighted by Gasteiger charge is -2.26. The summed E-state index contributed by atoms with van der Waals surface area (Å²) in [5.41, 5.74) is 0.934. The first-order valence-electron chi connectivity index (χ1n) is 5.92. The fourth-order valence-corrected chi connectivity index (χ4v) is 2.62. The molecule has 3 nitrogen and oxygen atoms in total. The standard InChI is InChI=1S/C12H14F3NO2S/c13-12(14,15)10(11(17)18)6-16(9-1-2-9)5-8-3-4-19-7-8/h3-4,7,9-10H,1-2,5-6H2,(H,17,18). The van der Waals surface area contributed by atoms with Crippen LogP contribution in [-0.2, 0) is 11.3 Å². The van der Waals surface area contributed by atoms with Gasteiger partial charge in [-0.15, -0.1) is 0 Å². The van der Waals surface area contributed by atoms with E-state index in [9.17, 15) is 18.0 Å². The molecule has 1 heterocycles. The van der Waals surface area contributed by atoms with Gasteiger partial charge in [0.05, 0.1) is 0 Å². The second kappa shape index (κ2) is 5.50. The number of halogens is 3. The van der Waals surface area contributed by atoms with Crippen molar-refractivity contribution in [1.29, 1.82) is 0 Å². The van der Waals surface area contributed by atoms with E-state index in [-0.39, 0.29) is 6.04 Å². The van der Waals surface area contributed by atoms with Gasteiger partial charge >= 0.3 is 12.1 Å². The molecule has 1 atom stereocenters. The van der Waals surface area contributed by atoms with Gasteiger partial charge in [0.25, 0.3) is 0 Å². The SMILES string of the molecule is O=C(O)C(CN(Cc1ccsc1)C1CC1)C(F)(F)F. The lowest BCUT2D eigenvalue weighted by Crippen LogP contribution is -2.41. The van der Waals surface area contributed by atoms with Gasteiger partial charge in [0.1, 0.15) is 0 Å². The third-order valence-electron chi connectivity index (χ3n) is 3.14. The van der Waals surface area contributed by atoms with E-state index >= 15 is 0 Å². The Hall–Kier alpha value is -1.08. The first-order valence-corrected chi connectivity index (χ1v) is 6.87. The number of carbonyl (C=O) groups is 1. The molecular formula is C12H14F3NO2S. The van der Waals surface area contributed by atoms with Gasteiger partial charge in [-0.1, -0.05) is 0 Å². The van der Waals surface area contributed by atoms with Crippen molar-refractivity contribution in [2.75, 3.05) is 6.54 Å². The van der Waals surface area contributed by atoms with E-state index < -0.39 is 24.6 Å². The molecule has 1 N–H and O–H groups in total. The smallest absolute Gasteiger partial charge is 0.403 e. The molecule has 0 saturated heterocycles. The average Bonchev–Trinajstić information content (AvgIpc) is 3.00. The molecule has 19 heavy (non-hydrogen) atoms. The van der Waals surface area contributed by atoms with Gasteiger partial charge < -0.3 is 5.11 Å². The van der Waals surface area contributed by atoms with E-state index in [2.05, 4.69) is 0 Å². The Bertz CT molecular complexity index is 429. The van der Waals surface area contributed by atoms with E-state index in [0.29, 0.717) is 6.54 Å². The van der Waals surface area contributed by atoms with Gasteiger partial charge in [-0.2, -0.15) is 24.5 Å². The van der Waals surface area contributed by atoms with Crippen molar-refractivity contribution in [3.8, 4) is 0 Å². The number of alkyl halides is 3.